The number of pyridine rings is 1. The minimum absolute atomic E-state index is 0.725. The Morgan fingerprint density at radius 1 is 1.30 bits per heavy atom. The molecule has 0 saturated heterocycles. The van der Waals surface area contributed by atoms with E-state index in [1.165, 1.54) is 5.56 Å². The fraction of sp³-hybridized carbons (Fsp3) is 0.200. The van der Waals surface area contributed by atoms with Crippen molar-refractivity contribution in [3.8, 4) is 5.75 Å². The summed E-state index contributed by atoms with van der Waals surface area (Å²) in [6, 6.07) is 10.0. The zero-order chi connectivity index (χ0) is 13.9. The largest absolute Gasteiger partial charge is 0.496 e. The van der Waals surface area contributed by atoms with Gasteiger partial charge in [-0.1, -0.05) is 18.2 Å². The third kappa shape index (κ3) is 2.32. The Labute approximate surface area is 122 Å². The fourth-order valence-electron chi connectivity index (χ4n) is 2.37. The molecule has 0 amide bonds. The second-order valence-corrected chi connectivity index (χ2v) is 4.92. The highest BCUT2D eigenvalue weighted by molar-refractivity contribution is 7.71. The van der Waals surface area contributed by atoms with Gasteiger partial charge in [-0.3, -0.25) is 4.98 Å². The lowest BCUT2D eigenvalue weighted by molar-refractivity contribution is 0.408. The summed E-state index contributed by atoms with van der Waals surface area (Å²) in [5.41, 5.74) is 3.23. The number of aromatic amines is 1. The number of hydrogen-bond donors (Lipinski definition) is 1. The van der Waals surface area contributed by atoms with Crippen molar-refractivity contribution in [2.24, 2.45) is 0 Å². The summed E-state index contributed by atoms with van der Waals surface area (Å²) in [6.45, 7) is 0.809. The standard InChI is InChI=1S/C15H15N3OS/c1-19-14-5-3-2-4-11(14)7-9-18-13-6-8-16-10-12(13)17-15(18)20/h2-6,8,10H,7,9H2,1H3,(H,17,20). The smallest absolute Gasteiger partial charge is 0.178 e. The first-order chi connectivity index (χ1) is 9.79. The van der Waals surface area contributed by atoms with Gasteiger partial charge in [0.05, 0.1) is 24.3 Å². The maximum Gasteiger partial charge on any atom is 0.178 e. The van der Waals surface area contributed by atoms with Crippen LogP contribution in [-0.4, -0.2) is 21.6 Å². The molecule has 0 atom stereocenters. The number of H-pyrrole nitrogens is 1. The van der Waals surface area contributed by atoms with Crippen LogP contribution < -0.4 is 4.74 Å². The molecule has 2 aromatic heterocycles. The van der Waals surface area contributed by atoms with Gasteiger partial charge in [0.1, 0.15) is 5.75 Å². The number of nitrogens with zero attached hydrogens (tertiary/aromatic N) is 2. The van der Waals surface area contributed by atoms with Gasteiger partial charge in [-0.2, -0.15) is 0 Å². The van der Waals surface area contributed by atoms with Crippen molar-refractivity contribution < 1.29 is 4.74 Å². The van der Waals surface area contributed by atoms with Gasteiger partial charge in [-0.15, -0.1) is 0 Å². The Hall–Kier alpha value is -2.14. The van der Waals surface area contributed by atoms with Gasteiger partial charge >= 0.3 is 0 Å². The summed E-state index contributed by atoms with van der Waals surface area (Å²) in [6.07, 6.45) is 4.45. The number of aromatic nitrogens is 3. The molecule has 1 N–H and O–H groups in total. The van der Waals surface area contributed by atoms with Crippen LogP contribution >= 0.6 is 12.2 Å². The highest BCUT2D eigenvalue weighted by Crippen LogP contribution is 2.19. The Bertz CT molecular complexity index is 791. The molecule has 0 fully saturated rings. The van der Waals surface area contributed by atoms with Gasteiger partial charge in [0, 0.05) is 12.7 Å². The van der Waals surface area contributed by atoms with Crippen LogP contribution in [0.15, 0.2) is 42.7 Å². The van der Waals surface area contributed by atoms with Gasteiger partial charge in [0.15, 0.2) is 4.77 Å². The topological polar surface area (TPSA) is 42.8 Å². The maximum atomic E-state index is 5.38. The molecule has 0 aliphatic carbocycles. The monoisotopic (exact) mass is 285 g/mol. The van der Waals surface area contributed by atoms with Gasteiger partial charge in [0.25, 0.3) is 0 Å². The molecule has 4 nitrogen and oxygen atoms in total. The second kappa shape index (κ2) is 5.46. The van der Waals surface area contributed by atoms with Gasteiger partial charge in [-0.05, 0) is 36.3 Å². The molecule has 2 heterocycles. The third-order valence-electron chi connectivity index (χ3n) is 3.37. The van der Waals surface area contributed by atoms with E-state index >= 15 is 0 Å². The average molecular weight is 285 g/mol. The molecule has 3 rings (SSSR count). The highest BCUT2D eigenvalue weighted by Gasteiger charge is 2.06. The number of aryl methyl sites for hydroxylation is 2. The first-order valence-corrected chi connectivity index (χ1v) is 6.85. The first-order valence-electron chi connectivity index (χ1n) is 6.44. The van der Waals surface area contributed by atoms with E-state index in [2.05, 4.69) is 20.6 Å². The number of ether oxygens (including phenoxy) is 1. The normalized spacial score (nSPS) is 10.8. The van der Waals surface area contributed by atoms with Crippen molar-refractivity contribution in [2.75, 3.05) is 7.11 Å². The lowest BCUT2D eigenvalue weighted by Gasteiger charge is -2.09. The summed E-state index contributed by atoms with van der Waals surface area (Å²) in [7, 11) is 1.70. The zero-order valence-electron chi connectivity index (χ0n) is 11.2. The van der Waals surface area contributed by atoms with Crippen molar-refractivity contribution in [3.05, 3.63) is 53.1 Å². The molecule has 102 valence electrons. The van der Waals surface area contributed by atoms with Crippen LogP contribution in [0.25, 0.3) is 11.0 Å². The van der Waals surface area contributed by atoms with E-state index < -0.39 is 0 Å². The number of benzene rings is 1. The summed E-state index contributed by atoms with van der Waals surface area (Å²) in [5.74, 6) is 0.917. The van der Waals surface area contributed by atoms with Crippen LogP contribution in [0.4, 0.5) is 0 Å². The minimum atomic E-state index is 0.725. The van der Waals surface area contributed by atoms with Crippen molar-refractivity contribution in [1.82, 2.24) is 14.5 Å². The van der Waals surface area contributed by atoms with E-state index in [-0.39, 0.29) is 0 Å². The number of fused-ring (bicyclic) bond motifs is 1. The quantitative estimate of drug-likeness (QED) is 0.748. The fourth-order valence-corrected chi connectivity index (χ4v) is 2.67. The van der Waals surface area contributed by atoms with Crippen molar-refractivity contribution in [3.63, 3.8) is 0 Å². The molecule has 0 saturated carbocycles. The Morgan fingerprint density at radius 2 is 2.15 bits per heavy atom. The molecular formula is C15H15N3OS. The number of para-hydroxylation sites is 1. The molecule has 0 unspecified atom stereocenters. The average Bonchev–Trinajstić information content (AvgIpc) is 2.81. The Morgan fingerprint density at radius 3 is 3.00 bits per heavy atom. The SMILES string of the molecule is COc1ccccc1CCn1c(=S)[nH]c2cnccc21. The van der Waals surface area contributed by atoms with E-state index in [9.17, 15) is 0 Å². The Balaban J connectivity index is 1.91. The number of rotatable bonds is 4. The molecule has 0 spiro atoms. The Kier molecular flexibility index (Phi) is 3.52. The van der Waals surface area contributed by atoms with E-state index in [0.29, 0.717) is 0 Å². The molecule has 3 aromatic rings. The summed E-state index contributed by atoms with van der Waals surface area (Å²) >= 11 is 5.38. The molecule has 0 aliphatic rings. The number of hydrogen-bond acceptors (Lipinski definition) is 3. The molecule has 20 heavy (non-hydrogen) atoms. The lowest BCUT2D eigenvalue weighted by Crippen LogP contribution is -2.02. The summed E-state index contributed by atoms with van der Waals surface area (Å²) in [5, 5.41) is 0. The predicted molar refractivity (Wildman–Crippen MR) is 81.6 cm³/mol. The van der Waals surface area contributed by atoms with Crippen LogP contribution in [0.3, 0.4) is 0 Å². The molecule has 5 heteroatoms. The van der Waals surface area contributed by atoms with Crippen LogP contribution in [0, 0.1) is 4.77 Å². The molecular weight excluding hydrogens is 270 g/mol. The molecule has 1 aromatic carbocycles. The van der Waals surface area contributed by atoms with Gasteiger partial charge in [-0.25, -0.2) is 0 Å². The molecule has 0 aliphatic heterocycles. The summed E-state index contributed by atoms with van der Waals surface area (Å²) < 4.78 is 8.20. The van der Waals surface area contributed by atoms with E-state index in [0.717, 1.165) is 34.5 Å². The van der Waals surface area contributed by atoms with Crippen LogP contribution in [-0.2, 0) is 13.0 Å². The second-order valence-electron chi connectivity index (χ2n) is 4.54. The number of imidazole rings is 1. The van der Waals surface area contributed by atoms with Gasteiger partial charge < -0.3 is 14.3 Å². The first kappa shape index (κ1) is 12.9. The van der Waals surface area contributed by atoms with Crippen molar-refractivity contribution in [1.29, 1.82) is 0 Å². The lowest BCUT2D eigenvalue weighted by atomic mass is 10.1. The van der Waals surface area contributed by atoms with E-state index in [1.54, 1.807) is 19.5 Å². The van der Waals surface area contributed by atoms with Crippen molar-refractivity contribution >= 4 is 23.3 Å². The zero-order valence-corrected chi connectivity index (χ0v) is 12.0. The van der Waals surface area contributed by atoms with Crippen LogP contribution in [0.1, 0.15) is 5.56 Å². The highest BCUT2D eigenvalue weighted by atomic mass is 32.1. The van der Waals surface area contributed by atoms with E-state index in [1.807, 2.05) is 24.3 Å². The summed E-state index contributed by atoms with van der Waals surface area (Å²) in [4.78, 5) is 7.28. The third-order valence-corrected chi connectivity index (χ3v) is 3.70. The van der Waals surface area contributed by atoms with Crippen LogP contribution in [0.2, 0.25) is 0 Å². The molecule has 0 bridgehead atoms. The van der Waals surface area contributed by atoms with Crippen LogP contribution in [0.5, 0.6) is 5.75 Å². The maximum absolute atomic E-state index is 5.38. The minimum Gasteiger partial charge on any atom is -0.496 e. The predicted octanol–water partition coefficient (Wildman–Crippen LogP) is 3.35. The van der Waals surface area contributed by atoms with Crippen molar-refractivity contribution in [2.45, 2.75) is 13.0 Å². The number of nitrogens with one attached hydrogen (secondary N) is 1. The molecule has 0 radical (unpaired) electrons. The van der Waals surface area contributed by atoms with Gasteiger partial charge in [0.2, 0.25) is 0 Å². The number of methoxy groups -OCH3 is 1. The van der Waals surface area contributed by atoms with E-state index in [4.69, 9.17) is 17.0 Å².